The fourth-order valence-corrected chi connectivity index (χ4v) is 5.12. The van der Waals surface area contributed by atoms with Crippen LogP contribution in [0.15, 0.2) is 18.5 Å². The normalized spacial score (nSPS) is 41.8. The van der Waals surface area contributed by atoms with E-state index in [4.69, 9.17) is 17.3 Å². The molecule has 0 spiro atoms. The molecule has 1 heterocycles. The minimum atomic E-state index is 0.295. The Labute approximate surface area is 113 Å². The van der Waals surface area contributed by atoms with E-state index in [1.807, 2.05) is 12.3 Å². The Kier molecular flexibility index (Phi) is 2.46. The van der Waals surface area contributed by atoms with Gasteiger partial charge in [0, 0.05) is 18.4 Å². The minimum Gasteiger partial charge on any atom is -0.327 e. The quantitative estimate of drug-likeness (QED) is 0.910. The van der Waals surface area contributed by atoms with Crippen molar-refractivity contribution in [3.63, 3.8) is 0 Å². The molecule has 3 heteroatoms. The van der Waals surface area contributed by atoms with Crippen molar-refractivity contribution >= 4 is 11.6 Å². The summed E-state index contributed by atoms with van der Waals surface area (Å²) >= 11 is 6.17. The van der Waals surface area contributed by atoms with Gasteiger partial charge in [-0.3, -0.25) is 4.98 Å². The third-order valence-electron chi connectivity index (χ3n) is 5.60. The molecular weight excluding hydrogens is 244 g/mol. The Morgan fingerprint density at radius 2 is 2.06 bits per heavy atom. The predicted octanol–water partition coefficient (Wildman–Crippen LogP) is 2.90. The van der Waals surface area contributed by atoms with Gasteiger partial charge in [-0.15, -0.1) is 0 Å². The molecule has 4 rings (SSSR count). The highest BCUT2D eigenvalue weighted by molar-refractivity contribution is 6.31. The van der Waals surface area contributed by atoms with E-state index >= 15 is 0 Å². The summed E-state index contributed by atoms with van der Waals surface area (Å²) in [5.41, 5.74) is 7.61. The molecular formula is C15H19ClN2. The lowest BCUT2D eigenvalue weighted by Crippen LogP contribution is -2.28. The molecule has 96 valence electrons. The predicted molar refractivity (Wildman–Crippen MR) is 72.2 cm³/mol. The highest BCUT2D eigenvalue weighted by atomic mass is 35.5. The van der Waals surface area contributed by atoms with Crippen LogP contribution >= 0.6 is 11.6 Å². The van der Waals surface area contributed by atoms with Gasteiger partial charge in [-0.25, -0.2) is 0 Å². The zero-order chi connectivity index (χ0) is 12.3. The lowest BCUT2D eigenvalue weighted by molar-refractivity contribution is 0.409. The number of hydrogen-bond acceptors (Lipinski definition) is 2. The summed E-state index contributed by atoms with van der Waals surface area (Å²) in [5.74, 6) is 4.70. The van der Waals surface area contributed by atoms with Crippen LogP contribution in [0.4, 0.5) is 0 Å². The monoisotopic (exact) mass is 262 g/mol. The average Bonchev–Trinajstić information content (AvgIpc) is 2.82. The van der Waals surface area contributed by atoms with E-state index in [9.17, 15) is 0 Å². The van der Waals surface area contributed by atoms with E-state index in [-0.39, 0.29) is 0 Å². The summed E-state index contributed by atoms with van der Waals surface area (Å²) in [6.07, 6.45) is 8.87. The Balaban J connectivity index is 1.47. The topological polar surface area (TPSA) is 38.9 Å². The molecule has 3 saturated carbocycles. The fourth-order valence-electron chi connectivity index (χ4n) is 4.92. The van der Waals surface area contributed by atoms with E-state index in [0.29, 0.717) is 6.04 Å². The van der Waals surface area contributed by atoms with Gasteiger partial charge in [0.2, 0.25) is 0 Å². The van der Waals surface area contributed by atoms with Gasteiger partial charge in [-0.05, 0) is 66.9 Å². The first kappa shape index (κ1) is 11.2. The molecule has 5 unspecified atom stereocenters. The number of nitrogens with two attached hydrogens (primary N) is 1. The van der Waals surface area contributed by atoms with Crippen molar-refractivity contribution < 1.29 is 0 Å². The SMILES string of the molecule is NC(Cc1ccncc1Cl)C1C2C3CCC(C3)C12. The van der Waals surface area contributed by atoms with E-state index < -0.39 is 0 Å². The van der Waals surface area contributed by atoms with Crippen LogP contribution in [-0.4, -0.2) is 11.0 Å². The first-order valence-electron chi connectivity index (χ1n) is 7.09. The second-order valence-corrected chi connectivity index (χ2v) is 6.81. The molecule has 3 aliphatic rings. The van der Waals surface area contributed by atoms with Gasteiger partial charge in [0.25, 0.3) is 0 Å². The summed E-state index contributed by atoms with van der Waals surface area (Å²) in [7, 11) is 0. The first-order chi connectivity index (χ1) is 8.75. The maximum atomic E-state index is 6.44. The van der Waals surface area contributed by atoms with E-state index in [0.717, 1.165) is 46.6 Å². The van der Waals surface area contributed by atoms with Gasteiger partial charge in [0.15, 0.2) is 0 Å². The Morgan fingerprint density at radius 1 is 1.33 bits per heavy atom. The van der Waals surface area contributed by atoms with Crippen LogP contribution < -0.4 is 5.73 Å². The van der Waals surface area contributed by atoms with Crippen molar-refractivity contribution in [1.82, 2.24) is 4.98 Å². The summed E-state index contributed by atoms with van der Waals surface area (Å²) in [5, 5.41) is 0.765. The standard InChI is InChI=1S/C15H19ClN2/c16-11-7-18-4-3-8(11)6-12(17)15-13-9-1-2-10(5-9)14(13)15/h3-4,7,9-10,12-15H,1-2,5-6,17H2. The summed E-state index contributed by atoms with van der Waals surface area (Å²) in [6.45, 7) is 0. The second kappa shape index (κ2) is 3.94. The largest absolute Gasteiger partial charge is 0.327 e. The summed E-state index contributed by atoms with van der Waals surface area (Å²) in [4.78, 5) is 4.03. The fraction of sp³-hybridized carbons (Fsp3) is 0.667. The number of halogens is 1. The lowest BCUT2D eigenvalue weighted by atomic mass is 9.94. The Morgan fingerprint density at radius 3 is 2.72 bits per heavy atom. The van der Waals surface area contributed by atoms with Crippen LogP contribution in [0.25, 0.3) is 0 Å². The van der Waals surface area contributed by atoms with Crippen LogP contribution in [0, 0.1) is 29.6 Å². The van der Waals surface area contributed by atoms with Crippen molar-refractivity contribution in [2.24, 2.45) is 35.3 Å². The van der Waals surface area contributed by atoms with Crippen LogP contribution in [0.5, 0.6) is 0 Å². The van der Waals surface area contributed by atoms with Crippen molar-refractivity contribution in [2.75, 3.05) is 0 Å². The molecule has 1 aromatic rings. The summed E-state index contributed by atoms with van der Waals surface area (Å²) < 4.78 is 0. The minimum absolute atomic E-state index is 0.295. The molecule has 5 atom stereocenters. The molecule has 0 aliphatic heterocycles. The first-order valence-corrected chi connectivity index (χ1v) is 7.47. The number of aromatic nitrogens is 1. The van der Waals surface area contributed by atoms with Crippen molar-refractivity contribution in [2.45, 2.75) is 31.7 Å². The number of rotatable bonds is 3. The van der Waals surface area contributed by atoms with Crippen LogP contribution in [0.1, 0.15) is 24.8 Å². The molecule has 0 radical (unpaired) electrons. The lowest BCUT2D eigenvalue weighted by Gasteiger charge is -2.16. The second-order valence-electron chi connectivity index (χ2n) is 6.40. The smallest absolute Gasteiger partial charge is 0.0621 e. The summed E-state index contributed by atoms with van der Waals surface area (Å²) in [6, 6.07) is 2.30. The molecule has 0 saturated heterocycles. The third-order valence-corrected chi connectivity index (χ3v) is 5.94. The Bertz CT molecular complexity index is 459. The third kappa shape index (κ3) is 1.55. The van der Waals surface area contributed by atoms with Gasteiger partial charge in [0.1, 0.15) is 0 Å². The number of pyridine rings is 1. The number of nitrogens with zero attached hydrogens (tertiary/aromatic N) is 1. The molecule has 2 N–H and O–H groups in total. The van der Waals surface area contributed by atoms with Crippen molar-refractivity contribution in [3.8, 4) is 0 Å². The zero-order valence-electron chi connectivity index (χ0n) is 10.4. The maximum Gasteiger partial charge on any atom is 0.0621 e. The molecule has 2 nitrogen and oxygen atoms in total. The molecule has 3 aliphatic carbocycles. The zero-order valence-corrected chi connectivity index (χ0v) is 11.2. The van der Waals surface area contributed by atoms with Gasteiger partial charge in [-0.2, -0.15) is 0 Å². The number of hydrogen-bond donors (Lipinski definition) is 1. The van der Waals surface area contributed by atoms with Crippen LogP contribution in [0.3, 0.4) is 0 Å². The van der Waals surface area contributed by atoms with E-state index in [2.05, 4.69) is 4.98 Å². The van der Waals surface area contributed by atoms with Crippen molar-refractivity contribution in [3.05, 3.63) is 29.0 Å². The van der Waals surface area contributed by atoms with Gasteiger partial charge < -0.3 is 5.73 Å². The van der Waals surface area contributed by atoms with Gasteiger partial charge in [0.05, 0.1) is 5.02 Å². The highest BCUT2D eigenvalue weighted by Gasteiger charge is 2.65. The molecule has 3 fully saturated rings. The molecule has 0 amide bonds. The van der Waals surface area contributed by atoms with Gasteiger partial charge >= 0.3 is 0 Å². The van der Waals surface area contributed by atoms with Crippen LogP contribution in [0.2, 0.25) is 5.02 Å². The van der Waals surface area contributed by atoms with Crippen molar-refractivity contribution in [1.29, 1.82) is 0 Å². The maximum absolute atomic E-state index is 6.44. The van der Waals surface area contributed by atoms with Crippen LogP contribution in [-0.2, 0) is 6.42 Å². The highest BCUT2D eigenvalue weighted by Crippen LogP contribution is 2.70. The van der Waals surface area contributed by atoms with Gasteiger partial charge in [-0.1, -0.05) is 11.6 Å². The van der Waals surface area contributed by atoms with E-state index in [1.54, 1.807) is 6.20 Å². The number of fused-ring (bicyclic) bond motifs is 5. The van der Waals surface area contributed by atoms with E-state index in [1.165, 1.54) is 19.3 Å². The average molecular weight is 263 g/mol. The molecule has 2 bridgehead atoms. The molecule has 18 heavy (non-hydrogen) atoms. The molecule has 0 aromatic carbocycles. The molecule has 1 aromatic heterocycles. The Hall–Kier alpha value is -0.600.